The first-order valence-electron chi connectivity index (χ1n) is 6.09. The zero-order valence-electron chi connectivity index (χ0n) is 10.3. The van der Waals surface area contributed by atoms with E-state index >= 15 is 0 Å². The lowest BCUT2D eigenvalue weighted by molar-refractivity contribution is 0.104. The number of halogens is 1. The molecule has 0 bridgehead atoms. The highest BCUT2D eigenvalue weighted by Gasteiger charge is 2.13. The van der Waals surface area contributed by atoms with E-state index in [1.807, 2.05) is 23.6 Å². The number of rotatable bonds is 5. The lowest BCUT2D eigenvalue weighted by Gasteiger charge is -2.02. The molecule has 0 aliphatic carbocycles. The Labute approximate surface area is 120 Å². The summed E-state index contributed by atoms with van der Waals surface area (Å²) in [5.41, 5.74) is 2.07. The van der Waals surface area contributed by atoms with Crippen molar-refractivity contribution in [2.24, 2.45) is 0 Å². The molecular formula is C15H15BrOS. The van der Waals surface area contributed by atoms with Gasteiger partial charge in [-0.25, -0.2) is 0 Å². The highest BCUT2D eigenvalue weighted by atomic mass is 79.9. The highest BCUT2D eigenvalue weighted by molar-refractivity contribution is 9.10. The lowest BCUT2D eigenvalue weighted by Crippen LogP contribution is -1.99. The Kier molecular flexibility index (Phi) is 4.72. The Morgan fingerprint density at radius 2 is 1.94 bits per heavy atom. The van der Waals surface area contributed by atoms with Crippen LogP contribution in [0.1, 0.15) is 40.6 Å². The van der Waals surface area contributed by atoms with Crippen LogP contribution in [0.25, 0.3) is 0 Å². The van der Waals surface area contributed by atoms with Crippen LogP contribution in [0.2, 0.25) is 0 Å². The summed E-state index contributed by atoms with van der Waals surface area (Å²) in [6.45, 7) is 2.19. The Morgan fingerprint density at radius 1 is 1.22 bits per heavy atom. The smallest absolute Gasteiger partial charge is 0.204 e. The molecule has 0 saturated carbocycles. The van der Waals surface area contributed by atoms with Crippen LogP contribution in [-0.2, 0) is 6.42 Å². The predicted molar refractivity (Wildman–Crippen MR) is 80.5 cm³/mol. The molecule has 0 radical (unpaired) electrons. The van der Waals surface area contributed by atoms with Gasteiger partial charge >= 0.3 is 0 Å². The minimum absolute atomic E-state index is 0.0962. The molecule has 0 N–H and O–H groups in total. The van der Waals surface area contributed by atoms with Gasteiger partial charge in [0.2, 0.25) is 5.78 Å². The molecule has 0 spiro atoms. The van der Waals surface area contributed by atoms with Crippen molar-refractivity contribution in [2.45, 2.75) is 26.2 Å². The van der Waals surface area contributed by atoms with Gasteiger partial charge in [-0.1, -0.05) is 37.6 Å². The molecule has 18 heavy (non-hydrogen) atoms. The van der Waals surface area contributed by atoms with Crippen LogP contribution in [0.15, 0.2) is 40.2 Å². The second-order valence-corrected chi connectivity index (χ2v) is 6.00. The zero-order chi connectivity index (χ0) is 13.0. The highest BCUT2D eigenvalue weighted by Crippen LogP contribution is 2.25. The molecule has 0 saturated heterocycles. The SMILES string of the molecule is CCCCc1ccc(C(=O)c2sccc2Br)cc1. The zero-order valence-corrected chi connectivity index (χ0v) is 12.7. The van der Waals surface area contributed by atoms with Gasteiger partial charge in [0.25, 0.3) is 0 Å². The molecular weight excluding hydrogens is 308 g/mol. The summed E-state index contributed by atoms with van der Waals surface area (Å²) >= 11 is 4.88. The average Bonchev–Trinajstić information content (AvgIpc) is 2.82. The Hall–Kier alpha value is -0.930. The number of thiophene rings is 1. The molecule has 2 rings (SSSR count). The van der Waals surface area contributed by atoms with Crippen LogP contribution in [0, 0.1) is 0 Å². The van der Waals surface area contributed by atoms with Gasteiger partial charge in [0.15, 0.2) is 0 Å². The van der Waals surface area contributed by atoms with E-state index in [0.717, 1.165) is 21.3 Å². The van der Waals surface area contributed by atoms with Crippen LogP contribution in [-0.4, -0.2) is 5.78 Å². The summed E-state index contributed by atoms with van der Waals surface area (Å²) in [5, 5.41) is 1.92. The summed E-state index contributed by atoms with van der Waals surface area (Å²) in [7, 11) is 0. The summed E-state index contributed by atoms with van der Waals surface area (Å²) in [4.78, 5) is 13.0. The second kappa shape index (κ2) is 6.30. The third kappa shape index (κ3) is 3.09. The van der Waals surface area contributed by atoms with Crippen molar-refractivity contribution in [1.82, 2.24) is 0 Å². The molecule has 1 heterocycles. The fraction of sp³-hybridized carbons (Fsp3) is 0.267. The van der Waals surface area contributed by atoms with Gasteiger partial charge in [-0.2, -0.15) is 0 Å². The molecule has 94 valence electrons. The van der Waals surface area contributed by atoms with E-state index < -0.39 is 0 Å². The van der Waals surface area contributed by atoms with Crippen LogP contribution in [0.3, 0.4) is 0 Å². The van der Waals surface area contributed by atoms with Crippen molar-refractivity contribution in [1.29, 1.82) is 0 Å². The first-order valence-corrected chi connectivity index (χ1v) is 7.76. The third-order valence-corrected chi connectivity index (χ3v) is 4.69. The van der Waals surface area contributed by atoms with E-state index in [9.17, 15) is 4.79 Å². The largest absolute Gasteiger partial charge is 0.288 e. The molecule has 0 aliphatic rings. The monoisotopic (exact) mass is 322 g/mol. The van der Waals surface area contributed by atoms with E-state index in [0.29, 0.717) is 0 Å². The van der Waals surface area contributed by atoms with Crippen molar-refractivity contribution in [3.8, 4) is 0 Å². The molecule has 0 aliphatic heterocycles. The number of aryl methyl sites for hydroxylation is 1. The minimum Gasteiger partial charge on any atom is -0.288 e. The predicted octanol–water partition coefficient (Wildman–Crippen LogP) is 5.08. The molecule has 0 atom stereocenters. The molecule has 3 heteroatoms. The molecule has 0 unspecified atom stereocenters. The summed E-state index contributed by atoms with van der Waals surface area (Å²) in [6.07, 6.45) is 3.49. The van der Waals surface area contributed by atoms with E-state index in [4.69, 9.17) is 0 Å². The number of hydrogen-bond acceptors (Lipinski definition) is 2. The van der Waals surface area contributed by atoms with Gasteiger partial charge in [-0.3, -0.25) is 4.79 Å². The van der Waals surface area contributed by atoms with Gasteiger partial charge in [0.1, 0.15) is 0 Å². The molecule has 2 aromatic rings. The van der Waals surface area contributed by atoms with Gasteiger partial charge in [-0.05, 0) is 45.8 Å². The maximum Gasteiger partial charge on any atom is 0.204 e. The molecule has 0 amide bonds. The average molecular weight is 323 g/mol. The van der Waals surface area contributed by atoms with E-state index in [1.165, 1.54) is 29.7 Å². The topological polar surface area (TPSA) is 17.1 Å². The Balaban J connectivity index is 2.15. The summed E-state index contributed by atoms with van der Waals surface area (Å²) in [6, 6.07) is 9.89. The van der Waals surface area contributed by atoms with Crippen molar-refractivity contribution >= 4 is 33.0 Å². The summed E-state index contributed by atoms with van der Waals surface area (Å²) in [5.74, 6) is 0.0962. The maximum atomic E-state index is 12.2. The molecule has 1 aromatic heterocycles. The first kappa shape index (κ1) is 13.5. The molecule has 0 fully saturated rings. The number of ketones is 1. The van der Waals surface area contributed by atoms with Gasteiger partial charge in [0, 0.05) is 10.0 Å². The van der Waals surface area contributed by atoms with Crippen molar-refractivity contribution < 1.29 is 4.79 Å². The van der Waals surface area contributed by atoms with Crippen molar-refractivity contribution in [2.75, 3.05) is 0 Å². The first-order chi connectivity index (χ1) is 8.72. The quantitative estimate of drug-likeness (QED) is 0.701. The Bertz CT molecular complexity index is 528. The fourth-order valence-corrected chi connectivity index (χ4v) is 3.30. The van der Waals surface area contributed by atoms with Crippen molar-refractivity contribution in [3.63, 3.8) is 0 Å². The number of hydrogen-bond donors (Lipinski definition) is 0. The number of carbonyl (C=O) groups excluding carboxylic acids is 1. The second-order valence-electron chi connectivity index (χ2n) is 4.23. The minimum atomic E-state index is 0.0962. The van der Waals surface area contributed by atoms with Crippen LogP contribution >= 0.6 is 27.3 Å². The summed E-state index contributed by atoms with van der Waals surface area (Å²) < 4.78 is 0.882. The lowest BCUT2D eigenvalue weighted by atomic mass is 10.0. The Morgan fingerprint density at radius 3 is 2.50 bits per heavy atom. The number of carbonyl (C=O) groups is 1. The van der Waals surface area contributed by atoms with Gasteiger partial charge in [0.05, 0.1) is 4.88 Å². The van der Waals surface area contributed by atoms with Crippen molar-refractivity contribution in [3.05, 3.63) is 56.2 Å². The maximum absolute atomic E-state index is 12.2. The van der Waals surface area contributed by atoms with E-state index in [1.54, 1.807) is 0 Å². The van der Waals surface area contributed by atoms with Crippen LogP contribution in [0.5, 0.6) is 0 Å². The normalized spacial score (nSPS) is 10.6. The molecule has 1 nitrogen and oxygen atoms in total. The van der Waals surface area contributed by atoms with Gasteiger partial charge < -0.3 is 0 Å². The van der Waals surface area contributed by atoms with Crippen LogP contribution in [0.4, 0.5) is 0 Å². The molecule has 1 aromatic carbocycles. The standard InChI is InChI=1S/C15H15BrOS/c1-2-3-4-11-5-7-12(8-6-11)14(17)15-13(16)9-10-18-15/h5-10H,2-4H2,1H3. The number of benzene rings is 1. The van der Waals surface area contributed by atoms with E-state index in [2.05, 4.69) is 35.0 Å². The number of unbranched alkanes of at least 4 members (excludes halogenated alkanes) is 1. The fourth-order valence-electron chi connectivity index (χ4n) is 1.79. The van der Waals surface area contributed by atoms with Crippen LogP contribution < -0.4 is 0 Å². The van der Waals surface area contributed by atoms with Gasteiger partial charge in [-0.15, -0.1) is 11.3 Å². The third-order valence-electron chi connectivity index (χ3n) is 2.86. The van der Waals surface area contributed by atoms with E-state index in [-0.39, 0.29) is 5.78 Å².